The van der Waals surface area contributed by atoms with Crippen LogP contribution in [0.2, 0.25) is 0 Å². The summed E-state index contributed by atoms with van der Waals surface area (Å²) in [5.41, 5.74) is 0.721. The molecule has 4 rings (SSSR count). The van der Waals surface area contributed by atoms with Gasteiger partial charge in [0.05, 0.1) is 38.6 Å². The van der Waals surface area contributed by atoms with Crippen molar-refractivity contribution < 1.29 is 41.7 Å². The van der Waals surface area contributed by atoms with E-state index >= 15 is 0 Å². The van der Waals surface area contributed by atoms with Crippen LogP contribution in [0.4, 0.5) is 18.0 Å². The Labute approximate surface area is 225 Å². The largest absolute Gasteiger partial charge is 0.497 e. The SMILES string of the molecule is COc1ccc(COC[C@@H](OC(=O)N2CCC3(CC2)CC(N(C)C(=O)c2ccccc2)CO3)C(F)(F)F)cc1. The normalized spacial score (nSPS) is 19.5. The Bertz CT molecular complexity index is 1100. The van der Waals surface area contributed by atoms with Gasteiger partial charge in [0, 0.05) is 25.7 Å². The average molecular weight is 551 g/mol. The molecule has 2 aromatic rings. The lowest BCUT2D eigenvalue weighted by atomic mass is 9.87. The zero-order valence-electron chi connectivity index (χ0n) is 22.0. The van der Waals surface area contributed by atoms with Crippen LogP contribution in [-0.4, -0.2) is 86.2 Å². The number of carbonyl (C=O) groups excluding carboxylic acids is 2. The first-order chi connectivity index (χ1) is 18.6. The van der Waals surface area contributed by atoms with Crippen molar-refractivity contribution >= 4 is 12.0 Å². The first kappa shape index (κ1) is 28.7. The third kappa shape index (κ3) is 7.21. The van der Waals surface area contributed by atoms with Gasteiger partial charge in [-0.2, -0.15) is 13.2 Å². The van der Waals surface area contributed by atoms with Gasteiger partial charge in [-0.05, 0) is 49.1 Å². The molecule has 2 fully saturated rings. The summed E-state index contributed by atoms with van der Waals surface area (Å²) in [6.45, 7) is -0.134. The van der Waals surface area contributed by atoms with E-state index in [4.69, 9.17) is 18.9 Å². The van der Waals surface area contributed by atoms with Crippen molar-refractivity contribution in [1.29, 1.82) is 0 Å². The van der Waals surface area contributed by atoms with E-state index in [1.807, 2.05) is 6.07 Å². The van der Waals surface area contributed by atoms with Gasteiger partial charge in [-0.1, -0.05) is 30.3 Å². The van der Waals surface area contributed by atoms with Gasteiger partial charge in [-0.25, -0.2) is 4.79 Å². The Morgan fingerprint density at radius 2 is 1.77 bits per heavy atom. The van der Waals surface area contributed by atoms with Crippen LogP contribution < -0.4 is 4.74 Å². The zero-order chi connectivity index (χ0) is 28.0. The molecule has 0 bridgehead atoms. The second-order valence-corrected chi connectivity index (χ2v) is 9.90. The quantitative estimate of drug-likeness (QED) is 0.475. The molecular formula is C28H33F3N2O6. The van der Waals surface area contributed by atoms with Crippen LogP contribution in [0.15, 0.2) is 54.6 Å². The summed E-state index contributed by atoms with van der Waals surface area (Å²) in [7, 11) is 3.25. The highest BCUT2D eigenvalue weighted by molar-refractivity contribution is 5.94. The average Bonchev–Trinajstić information content (AvgIpc) is 3.35. The van der Waals surface area contributed by atoms with Gasteiger partial charge in [-0.15, -0.1) is 0 Å². The van der Waals surface area contributed by atoms with Crippen LogP contribution in [-0.2, 0) is 20.8 Å². The molecular weight excluding hydrogens is 517 g/mol. The highest BCUT2D eigenvalue weighted by Crippen LogP contribution is 2.38. The maximum absolute atomic E-state index is 13.6. The van der Waals surface area contributed by atoms with Crippen molar-refractivity contribution in [2.45, 2.75) is 49.8 Å². The van der Waals surface area contributed by atoms with Gasteiger partial charge >= 0.3 is 12.3 Å². The second-order valence-electron chi connectivity index (χ2n) is 9.90. The lowest BCUT2D eigenvalue weighted by molar-refractivity contribution is -0.220. The lowest BCUT2D eigenvalue weighted by Crippen LogP contribution is -2.49. The van der Waals surface area contributed by atoms with E-state index in [0.717, 1.165) is 0 Å². The fraction of sp³-hybridized carbons (Fsp3) is 0.500. The molecule has 1 spiro atoms. The van der Waals surface area contributed by atoms with Crippen molar-refractivity contribution in [3.05, 3.63) is 65.7 Å². The number of likely N-dealkylation sites (N-methyl/N-ethyl adjacent to an activating group) is 1. The molecule has 2 atom stereocenters. The molecule has 212 valence electrons. The molecule has 39 heavy (non-hydrogen) atoms. The minimum Gasteiger partial charge on any atom is -0.497 e. The maximum atomic E-state index is 13.6. The number of piperidine rings is 1. The van der Waals surface area contributed by atoms with E-state index in [2.05, 4.69) is 0 Å². The molecule has 2 heterocycles. The van der Waals surface area contributed by atoms with E-state index in [-0.39, 0.29) is 31.6 Å². The van der Waals surface area contributed by atoms with Crippen LogP contribution in [0.25, 0.3) is 0 Å². The summed E-state index contributed by atoms with van der Waals surface area (Å²) in [5.74, 6) is 0.519. The summed E-state index contributed by atoms with van der Waals surface area (Å²) in [5, 5.41) is 0. The number of hydrogen-bond acceptors (Lipinski definition) is 6. The fourth-order valence-electron chi connectivity index (χ4n) is 4.86. The van der Waals surface area contributed by atoms with Crippen LogP contribution in [0.3, 0.4) is 0 Å². The number of methoxy groups -OCH3 is 1. The molecule has 8 nitrogen and oxygen atoms in total. The van der Waals surface area contributed by atoms with Gasteiger partial charge in [0.25, 0.3) is 5.91 Å². The predicted octanol–water partition coefficient (Wildman–Crippen LogP) is 4.68. The van der Waals surface area contributed by atoms with E-state index in [1.165, 1.54) is 12.0 Å². The highest BCUT2D eigenvalue weighted by atomic mass is 19.4. The van der Waals surface area contributed by atoms with Gasteiger partial charge in [-0.3, -0.25) is 4.79 Å². The third-order valence-corrected chi connectivity index (χ3v) is 7.32. The number of alkyl halides is 3. The summed E-state index contributed by atoms with van der Waals surface area (Å²) in [6.07, 6.45) is -6.72. The highest BCUT2D eigenvalue weighted by Gasteiger charge is 2.47. The van der Waals surface area contributed by atoms with E-state index in [0.29, 0.717) is 42.7 Å². The number of carbonyl (C=O) groups is 2. The number of nitrogens with zero attached hydrogens (tertiary/aromatic N) is 2. The number of hydrogen-bond donors (Lipinski definition) is 0. The Hall–Kier alpha value is -3.31. The molecule has 0 N–H and O–H groups in total. The Morgan fingerprint density at radius 3 is 2.38 bits per heavy atom. The molecule has 0 radical (unpaired) electrons. The number of ether oxygens (including phenoxy) is 4. The minimum atomic E-state index is -4.77. The molecule has 11 heteroatoms. The minimum absolute atomic E-state index is 0.0694. The molecule has 2 aliphatic heterocycles. The third-order valence-electron chi connectivity index (χ3n) is 7.32. The van der Waals surface area contributed by atoms with Gasteiger partial charge in [0.2, 0.25) is 6.10 Å². The van der Waals surface area contributed by atoms with Gasteiger partial charge in [0.15, 0.2) is 0 Å². The van der Waals surface area contributed by atoms with E-state index in [9.17, 15) is 22.8 Å². The van der Waals surface area contributed by atoms with Crippen LogP contribution >= 0.6 is 0 Å². The van der Waals surface area contributed by atoms with Gasteiger partial charge in [0.1, 0.15) is 5.75 Å². The number of halogens is 3. The molecule has 2 aromatic carbocycles. The van der Waals surface area contributed by atoms with Crippen molar-refractivity contribution in [1.82, 2.24) is 9.80 Å². The number of rotatable bonds is 8. The molecule has 2 amide bonds. The van der Waals surface area contributed by atoms with E-state index < -0.39 is 30.6 Å². The zero-order valence-corrected chi connectivity index (χ0v) is 22.0. The maximum Gasteiger partial charge on any atom is 0.427 e. The van der Waals surface area contributed by atoms with Crippen molar-refractivity contribution in [3.8, 4) is 5.75 Å². The Morgan fingerprint density at radius 1 is 1.10 bits per heavy atom. The summed E-state index contributed by atoms with van der Waals surface area (Å²) >= 11 is 0. The van der Waals surface area contributed by atoms with Crippen LogP contribution in [0.1, 0.15) is 35.2 Å². The van der Waals surface area contributed by atoms with Gasteiger partial charge < -0.3 is 28.7 Å². The fourth-order valence-corrected chi connectivity index (χ4v) is 4.86. The van der Waals surface area contributed by atoms with Crippen LogP contribution in [0.5, 0.6) is 5.75 Å². The first-order valence-corrected chi connectivity index (χ1v) is 12.8. The summed E-state index contributed by atoms with van der Waals surface area (Å²) in [4.78, 5) is 28.4. The first-order valence-electron chi connectivity index (χ1n) is 12.8. The number of amides is 2. The topological polar surface area (TPSA) is 77.5 Å². The van der Waals surface area contributed by atoms with Crippen LogP contribution in [0, 0.1) is 0 Å². The molecule has 0 aromatic heterocycles. The Kier molecular flexibility index (Phi) is 9.01. The molecule has 2 saturated heterocycles. The molecule has 0 saturated carbocycles. The summed E-state index contributed by atoms with van der Waals surface area (Å²) in [6, 6.07) is 15.6. The molecule has 2 aliphatic rings. The smallest absolute Gasteiger partial charge is 0.427 e. The predicted molar refractivity (Wildman–Crippen MR) is 135 cm³/mol. The monoisotopic (exact) mass is 550 g/mol. The second kappa shape index (κ2) is 12.3. The Balaban J connectivity index is 1.26. The lowest BCUT2D eigenvalue weighted by Gasteiger charge is -2.38. The van der Waals surface area contributed by atoms with Crippen molar-refractivity contribution in [2.24, 2.45) is 0 Å². The standard InChI is InChI=1S/C28H33F3N2O6/c1-32(25(34)21-6-4-3-5-7-21)22-16-27(38-18-22)12-14-33(15-13-27)26(35)39-24(28(29,30)31)19-37-17-20-8-10-23(36-2)11-9-20/h3-11,22,24H,12-19H2,1-2H3/t22?,24-/m1/s1. The number of benzene rings is 2. The summed E-state index contributed by atoms with van der Waals surface area (Å²) < 4.78 is 61.9. The number of likely N-dealkylation sites (tertiary alicyclic amines) is 1. The van der Waals surface area contributed by atoms with Crippen molar-refractivity contribution in [3.63, 3.8) is 0 Å². The molecule has 1 unspecified atom stereocenters. The van der Waals surface area contributed by atoms with Crippen molar-refractivity contribution in [2.75, 3.05) is 40.5 Å². The molecule has 0 aliphatic carbocycles. The van der Waals surface area contributed by atoms with E-state index in [1.54, 1.807) is 60.5 Å².